The van der Waals surface area contributed by atoms with Gasteiger partial charge in [0.1, 0.15) is 23.7 Å². The maximum absolute atomic E-state index is 14.4. The fourth-order valence-corrected chi connectivity index (χ4v) is 3.29. The van der Waals surface area contributed by atoms with Crippen molar-refractivity contribution in [3.8, 4) is 5.75 Å². The first kappa shape index (κ1) is 20.1. The van der Waals surface area contributed by atoms with Crippen molar-refractivity contribution in [2.24, 2.45) is 0 Å². The number of rotatable bonds is 6. The molecular formula is C21H18Cl2FN3O. The van der Waals surface area contributed by atoms with Crippen LogP contribution in [-0.2, 0) is 6.61 Å². The number of ether oxygens (including phenoxy) is 1. The second-order valence-corrected chi connectivity index (χ2v) is 6.84. The third-order valence-electron chi connectivity index (χ3n) is 4.06. The highest BCUT2D eigenvalue weighted by Crippen LogP contribution is 2.35. The number of anilines is 1. The lowest BCUT2D eigenvalue weighted by Crippen LogP contribution is -2.08. The number of benzene rings is 1. The van der Waals surface area contributed by atoms with Gasteiger partial charge in [-0.05, 0) is 26.0 Å². The van der Waals surface area contributed by atoms with Gasteiger partial charge in [0.2, 0.25) is 0 Å². The number of hydrogen-bond acceptors (Lipinski definition) is 4. The molecule has 0 aliphatic rings. The van der Waals surface area contributed by atoms with E-state index >= 15 is 0 Å². The fourth-order valence-electron chi connectivity index (χ4n) is 2.82. The minimum Gasteiger partial charge on any atom is -0.486 e. The van der Waals surface area contributed by atoms with E-state index in [4.69, 9.17) is 27.9 Å². The fraction of sp³-hybridized carbons (Fsp3) is 0.143. The molecule has 2 heterocycles. The van der Waals surface area contributed by atoms with Gasteiger partial charge in [-0.25, -0.2) is 9.37 Å². The van der Waals surface area contributed by atoms with Crippen LogP contribution in [0.3, 0.4) is 0 Å². The van der Waals surface area contributed by atoms with Gasteiger partial charge in [0, 0.05) is 47.5 Å². The zero-order valence-corrected chi connectivity index (χ0v) is 16.9. The molecule has 4 nitrogen and oxygen atoms in total. The molecule has 7 heteroatoms. The predicted octanol–water partition coefficient (Wildman–Crippen LogP) is 6.45. The van der Waals surface area contributed by atoms with Crippen molar-refractivity contribution >= 4 is 39.8 Å². The summed E-state index contributed by atoms with van der Waals surface area (Å²) < 4.78 is 20.3. The van der Waals surface area contributed by atoms with Crippen LogP contribution in [-0.4, -0.2) is 9.97 Å². The van der Waals surface area contributed by atoms with Crippen LogP contribution in [0.5, 0.6) is 5.75 Å². The molecule has 0 fully saturated rings. The SMILES string of the molecule is C=CN(/C=C\C)c1cc(C)nc2c(OCc3c(Cl)cncc3Cl)cc(F)cc12. The van der Waals surface area contributed by atoms with Gasteiger partial charge in [0.05, 0.1) is 15.7 Å². The van der Waals surface area contributed by atoms with Gasteiger partial charge in [-0.3, -0.25) is 4.98 Å². The van der Waals surface area contributed by atoms with E-state index in [0.29, 0.717) is 32.3 Å². The molecule has 0 N–H and O–H groups in total. The summed E-state index contributed by atoms with van der Waals surface area (Å²) in [5.41, 5.74) is 2.62. The standard InChI is InChI=1S/C21H18Cl2FN3O/c1-4-6-27(5-2)19-7-13(3)26-21-15(19)8-14(24)9-20(21)28-12-16-17(22)10-25-11-18(16)23/h4-11H,2,12H2,1,3H3/b6-4-. The van der Waals surface area contributed by atoms with Crippen molar-refractivity contribution < 1.29 is 9.13 Å². The zero-order chi connectivity index (χ0) is 20.3. The Balaban J connectivity index is 2.11. The second-order valence-electron chi connectivity index (χ2n) is 6.03. The quantitative estimate of drug-likeness (QED) is 0.461. The number of allylic oxidation sites excluding steroid dienone is 1. The molecule has 0 radical (unpaired) electrons. The van der Waals surface area contributed by atoms with E-state index in [9.17, 15) is 4.39 Å². The Morgan fingerprint density at radius 1 is 1.21 bits per heavy atom. The van der Waals surface area contributed by atoms with Gasteiger partial charge in [0.25, 0.3) is 0 Å². The molecule has 0 aliphatic heterocycles. The minimum absolute atomic E-state index is 0.0593. The van der Waals surface area contributed by atoms with Crippen molar-refractivity contribution in [3.05, 3.63) is 82.8 Å². The summed E-state index contributed by atoms with van der Waals surface area (Å²) >= 11 is 12.3. The first-order valence-electron chi connectivity index (χ1n) is 8.50. The van der Waals surface area contributed by atoms with E-state index in [1.807, 2.05) is 32.2 Å². The average Bonchev–Trinajstić information content (AvgIpc) is 2.65. The molecule has 0 saturated carbocycles. The Labute approximate surface area is 172 Å². The number of pyridine rings is 2. The summed E-state index contributed by atoms with van der Waals surface area (Å²) in [5, 5.41) is 1.36. The Kier molecular flexibility index (Phi) is 6.17. The summed E-state index contributed by atoms with van der Waals surface area (Å²) in [6.45, 7) is 7.64. The molecule has 144 valence electrons. The van der Waals surface area contributed by atoms with E-state index in [0.717, 1.165) is 11.4 Å². The van der Waals surface area contributed by atoms with Crippen molar-refractivity contribution in [3.63, 3.8) is 0 Å². The zero-order valence-electron chi connectivity index (χ0n) is 15.4. The summed E-state index contributed by atoms with van der Waals surface area (Å²) in [6, 6.07) is 4.59. The molecule has 0 amide bonds. The van der Waals surface area contributed by atoms with Gasteiger partial charge in [-0.2, -0.15) is 0 Å². The summed E-state index contributed by atoms with van der Waals surface area (Å²) in [6.07, 6.45) is 8.32. The molecule has 0 atom stereocenters. The Morgan fingerprint density at radius 3 is 2.57 bits per heavy atom. The second kappa shape index (κ2) is 8.59. The van der Waals surface area contributed by atoms with Crippen LogP contribution in [0.25, 0.3) is 10.9 Å². The van der Waals surface area contributed by atoms with Crippen LogP contribution >= 0.6 is 23.2 Å². The monoisotopic (exact) mass is 417 g/mol. The molecule has 0 bridgehead atoms. The minimum atomic E-state index is -0.439. The van der Waals surface area contributed by atoms with Crippen LogP contribution in [0.1, 0.15) is 18.2 Å². The highest BCUT2D eigenvalue weighted by molar-refractivity contribution is 6.35. The lowest BCUT2D eigenvalue weighted by Gasteiger charge is -2.19. The lowest BCUT2D eigenvalue weighted by atomic mass is 10.1. The smallest absolute Gasteiger partial charge is 0.149 e. The third-order valence-corrected chi connectivity index (χ3v) is 4.71. The molecule has 3 aromatic rings. The normalized spacial score (nSPS) is 11.2. The summed E-state index contributed by atoms with van der Waals surface area (Å²) in [7, 11) is 0. The molecule has 0 spiro atoms. The van der Waals surface area contributed by atoms with Gasteiger partial charge >= 0.3 is 0 Å². The molecule has 0 aliphatic carbocycles. The lowest BCUT2D eigenvalue weighted by molar-refractivity contribution is 0.308. The third kappa shape index (κ3) is 4.11. The van der Waals surface area contributed by atoms with E-state index in [2.05, 4.69) is 16.5 Å². The molecule has 28 heavy (non-hydrogen) atoms. The topological polar surface area (TPSA) is 38.2 Å². The van der Waals surface area contributed by atoms with Gasteiger partial charge in [0.15, 0.2) is 0 Å². The van der Waals surface area contributed by atoms with Crippen molar-refractivity contribution in [1.29, 1.82) is 0 Å². The number of nitrogens with zero attached hydrogens (tertiary/aromatic N) is 3. The molecule has 3 rings (SSSR count). The van der Waals surface area contributed by atoms with E-state index < -0.39 is 5.82 Å². The largest absolute Gasteiger partial charge is 0.486 e. The number of halogens is 3. The Morgan fingerprint density at radius 2 is 1.93 bits per heavy atom. The van der Waals surface area contributed by atoms with Gasteiger partial charge in [-0.1, -0.05) is 35.9 Å². The first-order valence-corrected chi connectivity index (χ1v) is 9.25. The van der Waals surface area contributed by atoms with Crippen LogP contribution in [0.2, 0.25) is 10.0 Å². The highest BCUT2D eigenvalue weighted by Gasteiger charge is 2.15. The number of aromatic nitrogens is 2. The average molecular weight is 418 g/mol. The Hall–Kier alpha value is -2.63. The Bertz CT molecular complexity index is 1050. The molecule has 0 saturated heterocycles. The van der Waals surface area contributed by atoms with E-state index in [1.54, 1.807) is 11.1 Å². The molecule has 1 aromatic carbocycles. The summed E-state index contributed by atoms with van der Waals surface area (Å²) in [5.74, 6) is -0.140. The predicted molar refractivity (Wildman–Crippen MR) is 113 cm³/mol. The van der Waals surface area contributed by atoms with Gasteiger partial charge < -0.3 is 9.64 Å². The van der Waals surface area contributed by atoms with E-state index in [1.165, 1.54) is 24.5 Å². The number of aryl methyl sites for hydroxylation is 1. The maximum atomic E-state index is 14.4. The van der Waals surface area contributed by atoms with Crippen LogP contribution in [0, 0.1) is 12.7 Å². The van der Waals surface area contributed by atoms with Gasteiger partial charge in [-0.15, -0.1) is 0 Å². The molecular weight excluding hydrogens is 400 g/mol. The highest BCUT2D eigenvalue weighted by atomic mass is 35.5. The van der Waals surface area contributed by atoms with Crippen LogP contribution < -0.4 is 9.64 Å². The molecule has 2 aromatic heterocycles. The molecule has 0 unspecified atom stereocenters. The van der Waals surface area contributed by atoms with Crippen molar-refractivity contribution in [1.82, 2.24) is 9.97 Å². The van der Waals surface area contributed by atoms with Crippen molar-refractivity contribution in [2.45, 2.75) is 20.5 Å². The van der Waals surface area contributed by atoms with E-state index in [-0.39, 0.29) is 6.61 Å². The van der Waals surface area contributed by atoms with Crippen molar-refractivity contribution in [2.75, 3.05) is 4.90 Å². The maximum Gasteiger partial charge on any atom is 0.149 e. The van der Waals surface area contributed by atoms with Crippen LogP contribution in [0.4, 0.5) is 10.1 Å². The number of fused-ring (bicyclic) bond motifs is 1. The van der Waals surface area contributed by atoms with Crippen LogP contribution in [0.15, 0.2) is 55.6 Å². The number of hydrogen-bond donors (Lipinski definition) is 0. The summed E-state index contributed by atoms with van der Waals surface area (Å²) in [4.78, 5) is 10.3. The first-order chi connectivity index (χ1) is 13.4.